The van der Waals surface area contributed by atoms with Crippen molar-refractivity contribution in [3.8, 4) is 0 Å². The van der Waals surface area contributed by atoms with E-state index < -0.39 is 0 Å². The van der Waals surface area contributed by atoms with Crippen LogP contribution in [-0.4, -0.2) is 10.5 Å². The molecule has 1 heterocycles. The first kappa shape index (κ1) is 9.77. The van der Waals surface area contributed by atoms with Crippen LogP contribution in [0.25, 0.3) is 10.9 Å². The molecular formula is C12H14N2O. The van der Waals surface area contributed by atoms with Gasteiger partial charge in [-0.3, -0.25) is 4.79 Å². The molecule has 0 saturated heterocycles. The molecule has 0 saturated carbocycles. The summed E-state index contributed by atoms with van der Waals surface area (Å²) in [5.41, 5.74) is 6.92. The van der Waals surface area contributed by atoms with E-state index in [2.05, 4.69) is 18.4 Å². The second-order valence-electron chi connectivity index (χ2n) is 3.95. The molecule has 2 N–H and O–H groups in total. The molecular weight excluding hydrogens is 188 g/mol. The molecule has 0 fully saturated rings. The van der Waals surface area contributed by atoms with E-state index in [1.165, 1.54) is 0 Å². The van der Waals surface area contributed by atoms with Crippen molar-refractivity contribution in [3.05, 3.63) is 36.0 Å². The number of amides is 1. The first-order valence-corrected chi connectivity index (χ1v) is 5.00. The summed E-state index contributed by atoms with van der Waals surface area (Å²) in [4.78, 5) is 11.0. The summed E-state index contributed by atoms with van der Waals surface area (Å²) >= 11 is 0. The number of hydrogen-bond acceptors (Lipinski definition) is 1. The molecule has 2 rings (SSSR count). The summed E-state index contributed by atoms with van der Waals surface area (Å²) in [6, 6.07) is 7.96. The number of carbonyl (C=O) groups is 1. The van der Waals surface area contributed by atoms with Gasteiger partial charge in [0.1, 0.15) is 0 Å². The highest BCUT2D eigenvalue weighted by molar-refractivity contribution is 5.97. The van der Waals surface area contributed by atoms with Crippen molar-refractivity contribution >= 4 is 16.8 Å². The van der Waals surface area contributed by atoms with Crippen LogP contribution in [0.15, 0.2) is 30.5 Å². The Labute approximate surface area is 88.5 Å². The molecule has 15 heavy (non-hydrogen) atoms. The molecule has 0 aliphatic rings. The van der Waals surface area contributed by atoms with Crippen LogP contribution in [0.1, 0.15) is 30.2 Å². The lowest BCUT2D eigenvalue weighted by Crippen LogP contribution is -2.10. The van der Waals surface area contributed by atoms with Crippen LogP contribution < -0.4 is 5.73 Å². The molecule has 0 unspecified atom stereocenters. The van der Waals surface area contributed by atoms with Gasteiger partial charge in [-0.25, -0.2) is 0 Å². The van der Waals surface area contributed by atoms with Gasteiger partial charge in [0.05, 0.1) is 0 Å². The number of hydrogen-bond donors (Lipinski definition) is 1. The van der Waals surface area contributed by atoms with Crippen LogP contribution >= 0.6 is 0 Å². The monoisotopic (exact) mass is 202 g/mol. The van der Waals surface area contributed by atoms with E-state index in [-0.39, 0.29) is 5.91 Å². The average molecular weight is 202 g/mol. The van der Waals surface area contributed by atoms with E-state index in [1.54, 1.807) is 6.07 Å². The second-order valence-corrected chi connectivity index (χ2v) is 3.95. The minimum atomic E-state index is -0.380. The fraction of sp³-hybridized carbons (Fsp3) is 0.250. The normalized spacial score (nSPS) is 11.1. The number of rotatable bonds is 2. The van der Waals surface area contributed by atoms with Crippen LogP contribution in [0.3, 0.4) is 0 Å². The number of nitrogens with zero attached hydrogens (tertiary/aromatic N) is 1. The third-order valence-corrected chi connectivity index (χ3v) is 2.56. The Morgan fingerprint density at radius 3 is 2.67 bits per heavy atom. The van der Waals surface area contributed by atoms with Gasteiger partial charge in [0, 0.05) is 28.7 Å². The minimum absolute atomic E-state index is 0.380. The van der Waals surface area contributed by atoms with E-state index in [1.807, 2.05) is 24.4 Å². The van der Waals surface area contributed by atoms with Gasteiger partial charge in [-0.05, 0) is 38.1 Å². The summed E-state index contributed by atoms with van der Waals surface area (Å²) < 4.78 is 2.17. The van der Waals surface area contributed by atoms with Gasteiger partial charge in [-0.2, -0.15) is 0 Å². The first-order valence-electron chi connectivity index (χ1n) is 5.00. The Morgan fingerprint density at radius 2 is 2.07 bits per heavy atom. The zero-order valence-corrected chi connectivity index (χ0v) is 8.90. The van der Waals surface area contributed by atoms with E-state index in [4.69, 9.17) is 5.73 Å². The molecule has 0 atom stereocenters. The van der Waals surface area contributed by atoms with Gasteiger partial charge in [0.25, 0.3) is 0 Å². The second kappa shape index (κ2) is 3.42. The molecule has 3 heteroatoms. The van der Waals surface area contributed by atoms with Crippen molar-refractivity contribution in [1.82, 2.24) is 4.57 Å². The number of aromatic nitrogens is 1. The highest BCUT2D eigenvalue weighted by atomic mass is 16.1. The van der Waals surface area contributed by atoms with Gasteiger partial charge < -0.3 is 10.3 Å². The van der Waals surface area contributed by atoms with Gasteiger partial charge in [-0.15, -0.1) is 0 Å². The Bertz CT molecular complexity index is 511. The largest absolute Gasteiger partial charge is 0.366 e. The Balaban J connectivity index is 2.61. The van der Waals surface area contributed by atoms with Crippen molar-refractivity contribution in [3.63, 3.8) is 0 Å². The van der Waals surface area contributed by atoms with Crippen LogP contribution in [0, 0.1) is 0 Å². The zero-order valence-electron chi connectivity index (χ0n) is 8.90. The van der Waals surface area contributed by atoms with Crippen molar-refractivity contribution < 1.29 is 4.79 Å². The number of carbonyl (C=O) groups excluding carboxylic acids is 1. The Morgan fingerprint density at radius 1 is 1.33 bits per heavy atom. The van der Waals surface area contributed by atoms with Crippen molar-refractivity contribution in [2.45, 2.75) is 19.9 Å². The molecule has 1 amide bonds. The molecule has 1 aromatic heterocycles. The minimum Gasteiger partial charge on any atom is -0.366 e. The summed E-state index contributed by atoms with van der Waals surface area (Å²) in [6.07, 6.45) is 2.03. The number of fused-ring (bicyclic) bond motifs is 1. The van der Waals surface area contributed by atoms with Crippen LogP contribution in [0.4, 0.5) is 0 Å². The lowest BCUT2D eigenvalue weighted by atomic mass is 10.1. The topological polar surface area (TPSA) is 48.0 Å². The molecule has 1 aromatic carbocycles. The third-order valence-electron chi connectivity index (χ3n) is 2.56. The third kappa shape index (κ3) is 1.61. The zero-order chi connectivity index (χ0) is 11.0. The van der Waals surface area contributed by atoms with Gasteiger partial charge in [-0.1, -0.05) is 0 Å². The summed E-state index contributed by atoms with van der Waals surface area (Å²) in [5, 5.41) is 1.06. The lowest BCUT2D eigenvalue weighted by molar-refractivity contribution is 0.100. The van der Waals surface area contributed by atoms with Crippen LogP contribution in [-0.2, 0) is 0 Å². The molecule has 78 valence electrons. The number of benzene rings is 1. The molecule has 0 aliphatic heterocycles. The number of nitrogens with two attached hydrogens (primary N) is 1. The summed E-state index contributed by atoms with van der Waals surface area (Å²) in [5.74, 6) is -0.380. The lowest BCUT2D eigenvalue weighted by Gasteiger charge is -2.09. The average Bonchev–Trinajstić information content (AvgIpc) is 2.59. The molecule has 0 spiro atoms. The van der Waals surface area contributed by atoms with Gasteiger partial charge in [0.15, 0.2) is 0 Å². The molecule has 0 bridgehead atoms. The smallest absolute Gasteiger partial charge is 0.248 e. The van der Waals surface area contributed by atoms with E-state index in [0.29, 0.717) is 11.6 Å². The predicted molar refractivity (Wildman–Crippen MR) is 60.8 cm³/mol. The van der Waals surface area contributed by atoms with Crippen molar-refractivity contribution in [2.75, 3.05) is 0 Å². The Hall–Kier alpha value is -1.77. The van der Waals surface area contributed by atoms with Gasteiger partial charge in [0.2, 0.25) is 5.91 Å². The first-order chi connectivity index (χ1) is 7.09. The fourth-order valence-corrected chi connectivity index (χ4v) is 1.77. The highest BCUT2D eigenvalue weighted by Crippen LogP contribution is 2.20. The molecule has 2 aromatic rings. The van der Waals surface area contributed by atoms with Gasteiger partial charge >= 0.3 is 0 Å². The highest BCUT2D eigenvalue weighted by Gasteiger charge is 2.06. The summed E-state index contributed by atoms with van der Waals surface area (Å²) in [7, 11) is 0. The molecule has 3 nitrogen and oxygen atoms in total. The van der Waals surface area contributed by atoms with Crippen molar-refractivity contribution in [1.29, 1.82) is 0 Å². The SMILES string of the molecule is CC(C)n1ccc2cc(C(N)=O)ccc21. The summed E-state index contributed by atoms with van der Waals surface area (Å²) in [6.45, 7) is 4.25. The van der Waals surface area contributed by atoms with Crippen molar-refractivity contribution in [2.24, 2.45) is 5.73 Å². The van der Waals surface area contributed by atoms with E-state index in [0.717, 1.165) is 10.9 Å². The quantitative estimate of drug-likeness (QED) is 0.798. The van der Waals surface area contributed by atoms with Crippen LogP contribution in [0.5, 0.6) is 0 Å². The molecule has 0 aliphatic carbocycles. The maximum Gasteiger partial charge on any atom is 0.248 e. The van der Waals surface area contributed by atoms with Crippen LogP contribution in [0.2, 0.25) is 0 Å². The fourth-order valence-electron chi connectivity index (χ4n) is 1.77. The molecule has 0 radical (unpaired) electrons. The standard InChI is InChI=1S/C12H14N2O/c1-8(2)14-6-5-9-7-10(12(13)15)3-4-11(9)14/h3-8H,1-2H3,(H2,13,15). The maximum absolute atomic E-state index is 11.0. The number of primary amides is 1. The van der Waals surface area contributed by atoms with E-state index >= 15 is 0 Å². The van der Waals surface area contributed by atoms with E-state index in [9.17, 15) is 4.79 Å². The Kier molecular flexibility index (Phi) is 2.23. The predicted octanol–water partition coefficient (Wildman–Crippen LogP) is 2.32. The maximum atomic E-state index is 11.0.